The third-order valence-electron chi connectivity index (χ3n) is 7.52. The number of rotatable bonds is 9. The summed E-state index contributed by atoms with van der Waals surface area (Å²) in [7, 11) is 0. The van der Waals surface area contributed by atoms with E-state index in [9.17, 15) is 18.8 Å². The summed E-state index contributed by atoms with van der Waals surface area (Å²) in [5.74, 6) is -1.92. The summed E-state index contributed by atoms with van der Waals surface area (Å²) in [6.45, 7) is 0.862. The minimum atomic E-state index is -0.795. The minimum absolute atomic E-state index is 0. The van der Waals surface area contributed by atoms with E-state index in [-0.39, 0.29) is 60.0 Å². The Kier molecular flexibility index (Phi) is 10.1. The van der Waals surface area contributed by atoms with Crippen molar-refractivity contribution in [2.45, 2.75) is 12.8 Å². The van der Waals surface area contributed by atoms with E-state index in [1.807, 2.05) is 0 Å². The van der Waals surface area contributed by atoms with Crippen LogP contribution in [-0.4, -0.2) is 73.1 Å². The third-order valence-corrected chi connectivity index (χ3v) is 7.52. The van der Waals surface area contributed by atoms with Crippen LogP contribution in [0.3, 0.4) is 0 Å². The number of fused-ring (bicyclic) bond motifs is 1. The van der Waals surface area contributed by atoms with E-state index in [4.69, 9.17) is 14.6 Å². The smallest absolute Gasteiger partial charge is 1.00 e. The number of aliphatic hydroxyl groups excluding tert-OH is 1. The molecule has 0 radical (unpaired) electrons. The largest absolute Gasteiger partial charge is 1.00 e. The number of likely N-dealkylation sites (tertiary alicyclic amines) is 1. The number of amides is 2. The van der Waals surface area contributed by atoms with Gasteiger partial charge in [0, 0.05) is 43.3 Å². The quantitative estimate of drug-likeness (QED) is 0.204. The molecule has 0 spiro atoms. The fraction of sp³-hybridized carbons (Fsp3) is 0.226. The summed E-state index contributed by atoms with van der Waals surface area (Å²) in [4.78, 5) is 43.4. The number of H-pyrrole nitrogens is 1. The zero-order valence-electron chi connectivity index (χ0n) is 25.5. The molecule has 0 saturated carbocycles. The second kappa shape index (κ2) is 14.3. The number of hydrogen-bond donors (Lipinski definition) is 3. The fourth-order valence-corrected chi connectivity index (χ4v) is 5.06. The molecule has 0 bridgehead atoms. The van der Waals surface area contributed by atoms with Gasteiger partial charge in [-0.25, -0.2) is 13.8 Å². The predicted octanol–water partition coefficient (Wildman–Crippen LogP) is 0.553. The molecule has 4 heterocycles. The molecule has 1 fully saturated rings. The van der Waals surface area contributed by atoms with Gasteiger partial charge in [-0.05, 0) is 61.2 Å². The Balaban J connectivity index is 0.00000260. The maximum absolute atomic E-state index is 15.2. The summed E-state index contributed by atoms with van der Waals surface area (Å²) in [5, 5.41) is 22.9. The molecule has 16 heteroatoms. The van der Waals surface area contributed by atoms with Crippen LogP contribution in [0, 0.1) is 17.6 Å². The number of nitrogens with one attached hydrogen (secondary N) is 2. The van der Waals surface area contributed by atoms with E-state index in [1.165, 1.54) is 48.8 Å². The van der Waals surface area contributed by atoms with Crippen LogP contribution in [0.25, 0.3) is 16.7 Å². The number of carbonyl (C=O) groups excluding carboxylic acids is 2. The zero-order valence-corrected chi connectivity index (χ0v) is 25.3. The molecule has 1 aliphatic heterocycles. The van der Waals surface area contributed by atoms with Crippen LogP contribution in [0.4, 0.5) is 14.5 Å². The summed E-state index contributed by atoms with van der Waals surface area (Å²) < 4.78 is 41.3. The van der Waals surface area contributed by atoms with Crippen molar-refractivity contribution in [3.63, 3.8) is 0 Å². The number of carbonyl (C=O) groups is 2. The van der Waals surface area contributed by atoms with E-state index in [0.717, 1.165) is 22.9 Å². The van der Waals surface area contributed by atoms with Crippen molar-refractivity contribution in [3.05, 3.63) is 94.5 Å². The molecular weight excluding hydrogens is 640 g/mol. The third kappa shape index (κ3) is 7.21. The first kappa shape index (κ1) is 33.0. The van der Waals surface area contributed by atoms with Crippen LogP contribution in [-0.2, 0) is 4.79 Å². The molecule has 0 atom stereocenters. The number of aromatic amines is 1. The van der Waals surface area contributed by atoms with Gasteiger partial charge in [-0.1, -0.05) is 0 Å². The molecule has 3 aromatic heterocycles. The molecule has 5 aromatic rings. The first-order valence-corrected chi connectivity index (χ1v) is 14.3. The second-order valence-electron chi connectivity index (χ2n) is 10.5. The van der Waals surface area contributed by atoms with Crippen LogP contribution < -0.4 is 32.8 Å². The Hall–Kier alpha value is -5.41. The maximum Gasteiger partial charge on any atom is 1.00 e. The lowest BCUT2D eigenvalue weighted by molar-refractivity contribution is -0.135. The van der Waals surface area contributed by atoms with Crippen molar-refractivity contribution in [2.75, 3.05) is 31.6 Å². The highest BCUT2D eigenvalue weighted by atomic mass is 35.5. The number of halogens is 3. The molecule has 13 nitrogen and oxygen atoms in total. The van der Waals surface area contributed by atoms with Crippen LogP contribution in [0.2, 0.25) is 0 Å². The molecular formula is C31H28ClF2N7O6. The van der Waals surface area contributed by atoms with E-state index in [0.29, 0.717) is 43.6 Å². The molecule has 0 aliphatic carbocycles. The van der Waals surface area contributed by atoms with Gasteiger partial charge in [0.25, 0.3) is 11.5 Å². The number of aromatic nitrogens is 5. The highest BCUT2D eigenvalue weighted by molar-refractivity contribution is 6.04. The number of pyridine rings is 1. The molecule has 1 aliphatic rings. The Morgan fingerprint density at radius 1 is 1.04 bits per heavy atom. The topological polar surface area (TPSA) is 165 Å². The Labute approximate surface area is 273 Å². The Morgan fingerprint density at radius 3 is 2.53 bits per heavy atom. The van der Waals surface area contributed by atoms with Gasteiger partial charge in [0.05, 0.1) is 12.3 Å². The molecule has 1 saturated heterocycles. The Morgan fingerprint density at radius 2 is 1.81 bits per heavy atom. The average molecular weight is 668 g/mol. The van der Waals surface area contributed by atoms with E-state index >= 15 is 4.39 Å². The van der Waals surface area contributed by atoms with E-state index in [2.05, 4.69) is 25.6 Å². The van der Waals surface area contributed by atoms with Crippen molar-refractivity contribution >= 4 is 28.5 Å². The highest BCUT2D eigenvalue weighted by Gasteiger charge is 2.24. The first-order chi connectivity index (χ1) is 22.3. The second-order valence-corrected chi connectivity index (χ2v) is 10.5. The highest BCUT2D eigenvalue weighted by Crippen LogP contribution is 2.36. The SMILES string of the molecule is O=C(Nc1ccc(Oc2ccnc3[nH]nc(OCC4CCN(C(=O)CO)CC4)c23)c(F)c1)c1ccnn(-c2ccc(F)cc2)c1=O.[Cl-].[H+]. The van der Waals surface area contributed by atoms with Gasteiger partial charge in [-0.3, -0.25) is 19.5 Å². The molecule has 3 N–H and O–H groups in total. The normalized spacial score (nSPS) is 13.2. The van der Waals surface area contributed by atoms with Gasteiger partial charge >= 0.3 is 1.43 Å². The van der Waals surface area contributed by atoms with Gasteiger partial charge in [0.1, 0.15) is 29.1 Å². The van der Waals surface area contributed by atoms with Crippen molar-refractivity contribution in [2.24, 2.45) is 5.92 Å². The monoisotopic (exact) mass is 667 g/mol. The number of ether oxygens (including phenoxy) is 2. The van der Waals surface area contributed by atoms with Crippen molar-refractivity contribution < 1.29 is 46.8 Å². The van der Waals surface area contributed by atoms with Gasteiger partial charge in [0.15, 0.2) is 17.2 Å². The zero-order chi connectivity index (χ0) is 32.2. The number of aliphatic hydroxyl groups is 1. The van der Waals surface area contributed by atoms with Crippen LogP contribution in [0.1, 0.15) is 24.6 Å². The van der Waals surface area contributed by atoms with Crippen molar-refractivity contribution in [1.82, 2.24) is 29.9 Å². The number of piperidine rings is 1. The summed E-state index contributed by atoms with van der Waals surface area (Å²) in [6.07, 6.45) is 4.13. The molecule has 0 unspecified atom stereocenters. The number of nitrogens with zero attached hydrogens (tertiary/aromatic N) is 5. The molecule has 6 rings (SSSR count). The molecule has 2 amide bonds. The van der Waals surface area contributed by atoms with Gasteiger partial charge in [0.2, 0.25) is 11.8 Å². The lowest BCUT2D eigenvalue weighted by Gasteiger charge is -2.31. The van der Waals surface area contributed by atoms with Crippen molar-refractivity contribution in [1.29, 1.82) is 0 Å². The Bertz CT molecular complexity index is 1970. The van der Waals surface area contributed by atoms with Gasteiger partial charge < -0.3 is 37.2 Å². The number of anilines is 1. The van der Waals surface area contributed by atoms with Gasteiger partial charge in [-0.15, -0.1) is 5.10 Å². The first-order valence-electron chi connectivity index (χ1n) is 14.3. The minimum Gasteiger partial charge on any atom is -1.00 e. The van der Waals surface area contributed by atoms with E-state index in [1.54, 1.807) is 4.90 Å². The van der Waals surface area contributed by atoms with Crippen molar-refractivity contribution in [3.8, 4) is 23.1 Å². The summed E-state index contributed by atoms with van der Waals surface area (Å²) in [5.41, 5.74) is -0.297. The van der Waals surface area contributed by atoms with Crippen LogP contribution in [0.5, 0.6) is 17.4 Å². The maximum atomic E-state index is 15.2. The molecule has 244 valence electrons. The number of hydrogen-bond acceptors (Lipinski definition) is 9. The van der Waals surface area contributed by atoms with Gasteiger partial charge in [-0.2, -0.15) is 9.78 Å². The summed E-state index contributed by atoms with van der Waals surface area (Å²) in [6, 6.07) is 11.6. The van der Waals surface area contributed by atoms with Crippen LogP contribution in [0.15, 0.2) is 71.8 Å². The molecule has 2 aromatic carbocycles. The predicted molar refractivity (Wildman–Crippen MR) is 161 cm³/mol. The summed E-state index contributed by atoms with van der Waals surface area (Å²) >= 11 is 0. The lowest BCUT2D eigenvalue weighted by Crippen LogP contribution is -3.00. The standard InChI is InChI=1S/C31H27F2N7O6.ClH/c32-19-1-4-21(5-2-19)40-31(44)22(7-12-35-40)29(43)36-20-3-6-24(23(33)15-20)46-25-8-11-34-28-27(25)30(38-37-28)45-17-18-9-13-39(14-10-18)26(42)16-41;/h1-8,11-12,15,18,41H,9-10,13-14,16-17H2,(H,36,43)(H,34,37,38);1H. The number of benzene rings is 2. The fourth-order valence-electron chi connectivity index (χ4n) is 5.06. The average Bonchev–Trinajstić information content (AvgIpc) is 3.49. The van der Waals surface area contributed by atoms with Crippen LogP contribution >= 0.6 is 0 Å². The lowest BCUT2D eigenvalue weighted by atomic mass is 9.98. The van der Waals surface area contributed by atoms with E-state index < -0.39 is 29.7 Å². The molecule has 47 heavy (non-hydrogen) atoms.